The normalized spacial score (nSPS) is 26.8. The maximum absolute atomic E-state index is 12.0. The van der Waals surface area contributed by atoms with E-state index in [2.05, 4.69) is 24.5 Å². The molecule has 0 heterocycles. The zero-order chi connectivity index (χ0) is 14.6. The molecule has 0 saturated heterocycles. The molecule has 114 valence electrons. The van der Waals surface area contributed by atoms with Crippen molar-refractivity contribution in [3.63, 3.8) is 0 Å². The van der Waals surface area contributed by atoms with Crippen molar-refractivity contribution in [2.24, 2.45) is 5.41 Å². The topological polar surface area (TPSA) is 58.2 Å². The third-order valence-electron chi connectivity index (χ3n) is 4.96. The van der Waals surface area contributed by atoms with Crippen LogP contribution in [-0.4, -0.2) is 23.9 Å². The van der Waals surface area contributed by atoms with Crippen LogP contribution in [0, 0.1) is 5.41 Å². The number of carbonyl (C=O) groups excluding carboxylic acids is 2. The third kappa shape index (κ3) is 3.97. The third-order valence-corrected chi connectivity index (χ3v) is 4.96. The Bertz CT molecular complexity index is 359. The minimum Gasteiger partial charge on any atom is -0.345 e. The highest BCUT2D eigenvalue weighted by Gasteiger charge is 2.34. The van der Waals surface area contributed by atoms with Gasteiger partial charge < -0.3 is 10.6 Å². The van der Waals surface area contributed by atoms with Crippen LogP contribution in [0.5, 0.6) is 0 Å². The Balaban J connectivity index is 1.82. The van der Waals surface area contributed by atoms with Crippen LogP contribution < -0.4 is 10.6 Å². The average Bonchev–Trinajstić information content (AvgIpc) is 2.42. The highest BCUT2D eigenvalue weighted by molar-refractivity contribution is 6.35. The van der Waals surface area contributed by atoms with E-state index in [-0.39, 0.29) is 17.5 Å². The minimum absolute atomic E-state index is 0.0963. The first-order valence-corrected chi connectivity index (χ1v) is 8.10. The van der Waals surface area contributed by atoms with Crippen molar-refractivity contribution < 1.29 is 9.59 Å². The minimum atomic E-state index is -0.449. The molecule has 2 aliphatic rings. The van der Waals surface area contributed by atoms with E-state index < -0.39 is 11.8 Å². The van der Waals surface area contributed by atoms with E-state index in [1.807, 2.05) is 0 Å². The smallest absolute Gasteiger partial charge is 0.309 e. The van der Waals surface area contributed by atoms with Gasteiger partial charge in [0.05, 0.1) is 0 Å². The molecule has 4 nitrogen and oxygen atoms in total. The van der Waals surface area contributed by atoms with Gasteiger partial charge in [0.15, 0.2) is 0 Å². The van der Waals surface area contributed by atoms with E-state index in [4.69, 9.17) is 0 Å². The molecule has 0 spiro atoms. The first-order chi connectivity index (χ1) is 9.49. The Kier molecular flexibility index (Phi) is 5.06. The first kappa shape index (κ1) is 15.3. The van der Waals surface area contributed by atoms with Crippen LogP contribution >= 0.6 is 0 Å². The molecule has 2 fully saturated rings. The molecule has 4 heteroatoms. The Morgan fingerprint density at radius 2 is 1.45 bits per heavy atom. The maximum atomic E-state index is 12.0. The lowest BCUT2D eigenvalue weighted by Crippen LogP contribution is -2.52. The van der Waals surface area contributed by atoms with Crippen molar-refractivity contribution in [1.82, 2.24) is 10.6 Å². The quantitative estimate of drug-likeness (QED) is 0.764. The molecule has 0 aromatic heterocycles. The summed E-state index contributed by atoms with van der Waals surface area (Å²) in [5, 5.41) is 5.83. The van der Waals surface area contributed by atoms with Crippen molar-refractivity contribution in [2.75, 3.05) is 0 Å². The summed E-state index contributed by atoms with van der Waals surface area (Å²) in [5.74, 6) is -0.895. The van der Waals surface area contributed by atoms with Crippen LogP contribution in [0.2, 0.25) is 0 Å². The van der Waals surface area contributed by atoms with Gasteiger partial charge in [-0.05, 0) is 31.1 Å². The van der Waals surface area contributed by atoms with Crippen LogP contribution in [0.3, 0.4) is 0 Å². The Morgan fingerprint density at radius 1 is 0.850 bits per heavy atom. The van der Waals surface area contributed by atoms with E-state index in [9.17, 15) is 9.59 Å². The van der Waals surface area contributed by atoms with Crippen molar-refractivity contribution >= 4 is 11.8 Å². The molecule has 0 aliphatic heterocycles. The lowest BCUT2D eigenvalue weighted by molar-refractivity contribution is -0.140. The summed E-state index contributed by atoms with van der Waals surface area (Å²) in [6.07, 6.45) is 10.0. The SMILES string of the molecule is CC1(C)CCCCC1NC(=O)C(=O)NC1CCCCC1. The molecule has 0 aromatic rings. The lowest BCUT2D eigenvalue weighted by atomic mass is 9.73. The van der Waals surface area contributed by atoms with Gasteiger partial charge >= 0.3 is 11.8 Å². The van der Waals surface area contributed by atoms with Gasteiger partial charge in [0.2, 0.25) is 0 Å². The fourth-order valence-electron chi connectivity index (χ4n) is 3.48. The zero-order valence-corrected chi connectivity index (χ0v) is 12.8. The van der Waals surface area contributed by atoms with Crippen LogP contribution in [0.1, 0.15) is 71.6 Å². The molecule has 0 bridgehead atoms. The monoisotopic (exact) mass is 280 g/mol. The Labute approximate surface area is 122 Å². The van der Waals surface area contributed by atoms with Crippen molar-refractivity contribution in [1.29, 1.82) is 0 Å². The molecule has 0 aromatic carbocycles. The first-order valence-electron chi connectivity index (χ1n) is 8.10. The predicted octanol–water partition coefficient (Wildman–Crippen LogP) is 2.52. The fraction of sp³-hybridized carbons (Fsp3) is 0.875. The van der Waals surface area contributed by atoms with E-state index in [0.29, 0.717) is 0 Å². The van der Waals surface area contributed by atoms with E-state index in [0.717, 1.165) is 44.9 Å². The molecule has 2 aliphatic carbocycles. The van der Waals surface area contributed by atoms with Gasteiger partial charge in [0, 0.05) is 12.1 Å². The van der Waals surface area contributed by atoms with Crippen LogP contribution in [0.15, 0.2) is 0 Å². The van der Waals surface area contributed by atoms with Crippen molar-refractivity contribution in [3.05, 3.63) is 0 Å². The summed E-state index contributed by atoms with van der Waals surface area (Å²) in [5.41, 5.74) is 0.0963. The summed E-state index contributed by atoms with van der Waals surface area (Å²) in [7, 11) is 0. The van der Waals surface area contributed by atoms with Crippen LogP contribution in [-0.2, 0) is 9.59 Å². The molecule has 20 heavy (non-hydrogen) atoms. The predicted molar refractivity (Wildman–Crippen MR) is 79.2 cm³/mol. The second-order valence-electron chi connectivity index (χ2n) is 7.07. The van der Waals surface area contributed by atoms with Gasteiger partial charge in [-0.15, -0.1) is 0 Å². The fourth-order valence-corrected chi connectivity index (χ4v) is 3.48. The number of carbonyl (C=O) groups is 2. The number of amides is 2. The average molecular weight is 280 g/mol. The maximum Gasteiger partial charge on any atom is 0.309 e. The molecule has 2 rings (SSSR count). The largest absolute Gasteiger partial charge is 0.345 e. The lowest BCUT2D eigenvalue weighted by Gasteiger charge is -2.38. The summed E-state index contributed by atoms with van der Waals surface area (Å²) in [6.45, 7) is 4.35. The molecule has 1 atom stereocenters. The molecular formula is C16H28N2O2. The van der Waals surface area contributed by atoms with E-state index in [1.165, 1.54) is 12.8 Å². The second kappa shape index (κ2) is 6.59. The van der Waals surface area contributed by atoms with E-state index >= 15 is 0 Å². The molecule has 2 N–H and O–H groups in total. The number of hydrogen-bond acceptors (Lipinski definition) is 2. The molecule has 1 unspecified atom stereocenters. The summed E-state index contributed by atoms with van der Waals surface area (Å²) in [4.78, 5) is 24.0. The van der Waals surface area contributed by atoms with Gasteiger partial charge in [0.25, 0.3) is 0 Å². The number of hydrogen-bond donors (Lipinski definition) is 2. The van der Waals surface area contributed by atoms with Crippen LogP contribution in [0.4, 0.5) is 0 Å². The van der Waals surface area contributed by atoms with Crippen LogP contribution in [0.25, 0.3) is 0 Å². The summed E-state index contributed by atoms with van der Waals surface area (Å²) < 4.78 is 0. The van der Waals surface area contributed by atoms with E-state index in [1.54, 1.807) is 0 Å². The van der Waals surface area contributed by atoms with Gasteiger partial charge in [-0.1, -0.05) is 46.0 Å². The highest BCUT2D eigenvalue weighted by Crippen LogP contribution is 2.35. The van der Waals surface area contributed by atoms with Crippen molar-refractivity contribution in [3.8, 4) is 0 Å². The van der Waals surface area contributed by atoms with Crippen molar-refractivity contribution in [2.45, 2.75) is 83.7 Å². The molecule has 2 amide bonds. The number of rotatable bonds is 2. The van der Waals surface area contributed by atoms with Gasteiger partial charge in [0.1, 0.15) is 0 Å². The second-order valence-corrected chi connectivity index (χ2v) is 7.07. The Morgan fingerprint density at radius 3 is 2.10 bits per heavy atom. The summed E-state index contributed by atoms with van der Waals surface area (Å²) >= 11 is 0. The van der Waals surface area contributed by atoms with Gasteiger partial charge in [-0.2, -0.15) is 0 Å². The van der Waals surface area contributed by atoms with Gasteiger partial charge in [-0.3, -0.25) is 9.59 Å². The highest BCUT2D eigenvalue weighted by atomic mass is 16.2. The molecule has 0 radical (unpaired) electrons. The number of nitrogens with one attached hydrogen (secondary N) is 2. The van der Waals surface area contributed by atoms with Gasteiger partial charge in [-0.25, -0.2) is 0 Å². The zero-order valence-electron chi connectivity index (χ0n) is 12.8. The summed E-state index contributed by atoms with van der Waals surface area (Å²) in [6, 6.07) is 0.322. The standard InChI is InChI=1S/C16H28N2O2/c1-16(2)11-7-6-10-13(16)18-15(20)14(19)17-12-8-4-3-5-9-12/h12-13H,3-11H2,1-2H3,(H,17,19)(H,18,20). The molecule has 2 saturated carbocycles. The molecular weight excluding hydrogens is 252 g/mol. The Hall–Kier alpha value is -1.06.